The zero-order valence-electron chi connectivity index (χ0n) is 5.77. The van der Waals surface area contributed by atoms with E-state index in [9.17, 15) is 0 Å². The van der Waals surface area contributed by atoms with Crippen LogP contribution in [0.4, 0.5) is 0 Å². The van der Waals surface area contributed by atoms with Crippen molar-refractivity contribution in [1.82, 2.24) is 0 Å². The second kappa shape index (κ2) is 5.12. The quantitative estimate of drug-likeness (QED) is 0.646. The van der Waals surface area contributed by atoms with Gasteiger partial charge in [-0.1, -0.05) is 0 Å². The maximum absolute atomic E-state index is 5.84. The van der Waals surface area contributed by atoms with Gasteiger partial charge in [0.05, 0.1) is 0 Å². The molecule has 1 aliphatic rings. The van der Waals surface area contributed by atoms with Crippen LogP contribution in [0.1, 0.15) is 25.7 Å². The predicted molar refractivity (Wildman–Crippen MR) is 41.5 cm³/mol. The molecule has 0 saturated heterocycles. The molecular formula is C8H11ClIr. The van der Waals surface area contributed by atoms with Gasteiger partial charge in [0.1, 0.15) is 0 Å². The Hall–Kier alpha value is 0.419. The van der Waals surface area contributed by atoms with Crippen molar-refractivity contribution in [2.75, 3.05) is 0 Å². The molecule has 0 unspecified atom stereocenters. The summed E-state index contributed by atoms with van der Waals surface area (Å²) in [4.78, 5) is 0. The summed E-state index contributed by atoms with van der Waals surface area (Å²) < 4.78 is 1.53. The molecule has 0 N–H and O–H groups in total. The van der Waals surface area contributed by atoms with Crippen LogP contribution in [0, 0.1) is 0 Å². The van der Waals surface area contributed by atoms with Gasteiger partial charge in [-0.05, 0) is 0 Å². The number of hydrogen-bond donors (Lipinski definition) is 0. The minimum atomic E-state index is -0.261. The fourth-order valence-electron chi connectivity index (χ4n) is 0.939. The average Bonchev–Trinajstić information content (AvgIpc) is 1.87. The number of hydrogen-bond acceptors (Lipinski definition) is 0. The summed E-state index contributed by atoms with van der Waals surface area (Å²) in [6.45, 7) is 0. The molecule has 0 amide bonds. The molecule has 0 radical (unpaired) electrons. The summed E-state index contributed by atoms with van der Waals surface area (Å²) in [6.07, 6.45) is 11.7. The molecule has 0 bridgehead atoms. The van der Waals surface area contributed by atoms with Crippen LogP contribution in [-0.2, 0) is 16.7 Å². The molecule has 10 heavy (non-hydrogen) atoms. The van der Waals surface area contributed by atoms with Gasteiger partial charge in [-0.2, -0.15) is 0 Å². The number of halogens is 1. The van der Waals surface area contributed by atoms with Gasteiger partial charge in [0.2, 0.25) is 0 Å². The molecule has 0 aromatic carbocycles. The topological polar surface area (TPSA) is 0 Å². The van der Waals surface area contributed by atoms with Crippen molar-refractivity contribution in [1.29, 1.82) is 0 Å². The van der Waals surface area contributed by atoms with E-state index < -0.39 is 0 Å². The van der Waals surface area contributed by atoms with E-state index in [1.54, 1.807) is 0 Å². The summed E-state index contributed by atoms with van der Waals surface area (Å²) in [6, 6.07) is 0. The molecule has 0 aliphatic heterocycles. The van der Waals surface area contributed by atoms with Gasteiger partial charge in [0.25, 0.3) is 0 Å². The summed E-state index contributed by atoms with van der Waals surface area (Å²) in [5, 5.41) is 0. The molecule has 0 aromatic rings. The standard InChI is InChI=1S/C8H11.ClH.Ir/c1-2-4-6-8-7-5-3-1;;/h1-2,7H,3-6H2;1H;/q;;+1/p-1/b2-1-,8-7?;;. The minimum absolute atomic E-state index is 0.261. The van der Waals surface area contributed by atoms with E-state index >= 15 is 0 Å². The Morgan fingerprint density at radius 2 is 2.00 bits per heavy atom. The van der Waals surface area contributed by atoms with E-state index in [2.05, 4.69) is 18.2 Å². The Morgan fingerprint density at radius 1 is 1.20 bits per heavy atom. The second-order valence-electron chi connectivity index (χ2n) is 2.27. The van der Waals surface area contributed by atoms with Crippen molar-refractivity contribution < 1.29 is 16.7 Å². The fraction of sp³-hybridized carbons (Fsp3) is 0.500. The van der Waals surface area contributed by atoms with Crippen molar-refractivity contribution >= 4 is 9.58 Å². The zero-order chi connectivity index (χ0) is 7.23. The van der Waals surface area contributed by atoms with Crippen molar-refractivity contribution in [2.24, 2.45) is 0 Å². The Bertz CT molecular complexity index is 149. The molecule has 1 aliphatic carbocycles. The van der Waals surface area contributed by atoms with Gasteiger partial charge in [-0.3, -0.25) is 0 Å². The first kappa shape index (κ1) is 8.52. The Balaban J connectivity index is 2.41. The molecule has 0 saturated carbocycles. The predicted octanol–water partition coefficient (Wildman–Crippen LogP) is 3.24. The van der Waals surface area contributed by atoms with Gasteiger partial charge in [0.15, 0.2) is 0 Å². The summed E-state index contributed by atoms with van der Waals surface area (Å²) >= 11 is -0.261. The number of allylic oxidation sites excluding steroid dienone is 4. The van der Waals surface area contributed by atoms with E-state index in [0.29, 0.717) is 0 Å². The van der Waals surface area contributed by atoms with Crippen LogP contribution < -0.4 is 0 Å². The molecule has 0 spiro atoms. The van der Waals surface area contributed by atoms with Crippen molar-refractivity contribution in [2.45, 2.75) is 25.7 Å². The maximum atomic E-state index is 5.84. The summed E-state index contributed by atoms with van der Waals surface area (Å²) in [5.74, 6) is 0. The van der Waals surface area contributed by atoms with Gasteiger partial charge in [-0.25, -0.2) is 0 Å². The Labute approximate surface area is 74.3 Å². The van der Waals surface area contributed by atoms with E-state index in [0.717, 1.165) is 0 Å². The molecule has 1 rings (SSSR count). The van der Waals surface area contributed by atoms with Gasteiger partial charge >= 0.3 is 74.3 Å². The molecule has 2 heteroatoms. The molecule has 0 atom stereocenters. The molecule has 0 fully saturated rings. The van der Waals surface area contributed by atoms with Crippen LogP contribution in [0.25, 0.3) is 0 Å². The van der Waals surface area contributed by atoms with Crippen molar-refractivity contribution in [3.05, 3.63) is 22.3 Å². The zero-order valence-corrected chi connectivity index (χ0v) is 8.92. The Kier molecular flexibility index (Phi) is 4.36. The van der Waals surface area contributed by atoms with E-state index in [1.807, 2.05) is 0 Å². The SMILES string of the molecule is [Cl][Ir]/[C]1=C\CC/C=C\CC1. The first-order valence-corrected chi connectivity index (χ1v) is 7.66. The fourth-order valence-corrected chi connectivity index (χ4v) is 2.98. The van der Waals surface area contributed by atoms with Crippen LogP contribution in [0.5, 0.6) is 0 Å². The normalized spacial score (nSPS) is 28.3. The molecular weight excluding hydrogens is 324 g/mol. The molecule has 0 nitrogen and oxygen atoms in total. The van der Waals surface area contributed by atoms with Crippen LogP contribution in [0.2, 0.25) is 0 Å². The van der Waals surface area contributed by atoms with Crippen molar-refractivity contribution in [3.63, 3.8) is 0 Å². The van der Waals surface area contributed by atoms with Crippen LogP contribution >= 0.6 is 9.58 Å². The van der Waals surface area contributed by atoms with Crippen molar-refractivity contribution in [3.8, 4) is 0 Å². The molecule has 0 heterocycles. The second-order valence-corrected chi connectivity index (χ2v) is 5.29. The average molecular weight is 335 g/mol. The van der Waals surface area contributed by atoms with E-state index in [-0.39, 0.29) is 16.7 Å². The van der Waals surface area contributed by atoms with E-state index in [4.69, 9.17) is 9.58 Å². The first-order chi connectivity index (χ1) is 4.93. The third kappa shape index (κ3) is 3.00. The summed E-state index contributed by atoms with van der Waals surface area (Å²) in [5.41, 5.74) is 0. The third-order valence-electron chi connectivity index (χ3n) is 1.48. The first-order valence-electron chi connectivity index (χ1n) is 3.49. The van der Waals surface area contributed by atoms with Gasteiger partial charge in [0, 0.05) is 0 Å². The molecule has 0 aromatic heterocycles. The Morgan fingerprint density at radius 3 is 2.80 bits per heavy atom. The van der Waals surface area contributed by atoms with Gasteiger partial charge in [-0.15, -0.1) is 0 Å². The van der Waals surface area contributed by atoms with Crippen LogP contribution in [0.15, 0.2) is 22.3 Å². The number of rotatable bonds is 1. The third-order valence-corrected chi connectivity index (χ3v) is 4.47. The van der Waals surface area contributed by atoms with Crippen LogP contribution in [-0.4, -0.2) is 0 Å². The monoisotopic (exact) mass is 335 g/mol. The summed E-state index contributed by atoms with van der Waals surface area (Å²) in [7, 11) is 5.84. The van der Waals surface area contributed by atoms with Crippen LogP contribution in [0.3, 0.4) is 0 Å². The molecule has 59 valence electrons. The van der Waals surface area contributed by atoms with Gasteiger partial charge < -0.3 is 0 Å². The van der Waals surface area contributed by atoms with E-state index in [1.165, 1.54) is 29.8 Å².